The number of nitro benzene ring substituents is 1. The monoisotopic (exact) mass is 236 g/mol. The van der Waals surface area contributed by atoms with Crippen molar-refractivity contribution in [3.63, 3.8) is 0 Å². The number of primary amides is 1. The van der Waals surface area contributed by atoms with Gasteiger partial charge in [-0.05, 0) is 18.9 Å². The van der Waals surface area contributed by atoms with Gasteiger partial charge >= 0.3 is 0 Å². The van der Waals surface area contributed by atoms with Crippen LogP contribution in [0.3, 0.4) is 0 Å². The highest BCUT2D eigenvalue weighted by Crippen LogP contribution is 2.25. The van der Waals surface area contributed by atoms with Crippen LogP contribution in [0.15, 0.2) is 18.2 Å². The highest BCUT2D eigenvalue weighted by Gasteiger charge is 2.22. The molecule has 0 radical (unpaired) electrons. The summed E-state index contributed by atoms with van der Waals surface area (Å²) in [4.78, 5) is 21.6. The first-order valence-corrected chi connectivity index (χ1v) is 5.64. The molecule has 0 spiro atoms. The van der Waals surface area contributed by atoms with Crippen LogP contribution in [-0.4, -0.2) is 10.8 Å². The lowest BCUT2D eigenvalue weighted by molar-refractivity contribution is -0.385. The summed E-state index contributed by atoms with van der Waals surface area (Å²) in [5.41, 5.74) is 5.56. The molecule has 0 aliphatic rings. The third-order valence-corrected chi connectivity index (χ3v) is 2.62. The predicted octanol–water partition coefficient (Wildman–Crippen LogP) is 2.43. The van der Waals surface area contributed by atoms with Gasteiger partial charge < -0.3 is 5.73 Å². The first kappa shape index (κ1) is 13.2. The highest BCUT2D eigenvalue weighted by atomic mass is 16.6. The second kappa shape index (κ2) is 5.98. The minimum atomic E-state index is -0.756. The van der Waals surface area contributed by atoms with Crippen LogP contribution < -0.4 is 5.73 Å². The first-order chi connectivity index (χ1) is 8.07. The quantitative estimate of drug-likeness (QED) is 0.467. The van der Waals surface area contributed by atoms with E-state index in [0.29, 0.717) is 12.0 Å². The number of benzene rings is 1. The third-order valence-electron chi connectivity index (χ3n) is 2.62. The summed E-state index contributed by atoms with van der Waals surface area (Å²) < 4.78 is 0. The van der Waals surface area contributed by atoms with Gasteiger partial charge in [-0.3, -0.25) is 14.9 Å². The zero-order valence-electron chi connectivity index (χ0n) is 9.81. The maximum Gasteiger partial charge on any atom is 0.285 e. The van der Waals surface area contributed by atoms with Gasteiger partial charge in [0.1, 0.15) is 5.56 Å². The minimum absolute atomic E-state index is 0.0102. The molecule has 0 atom stereocenters. The molecule has 1 aromatic rings. The Labute approximate surface area is 99.8 Å². The van der Waals surface area contributed by atoms with Gasteiger partial charge in [0.2, 0.25) is 0 Å². The molecule has 0 aromatic heterocycles. The number of carbonyl (C=O) groups is 1. The number of rotatable bonds is 6. The number of para-hydroxylation sites is 1. The second-order valence-corrected chi connectivity index (χ2v) is 3.89. The average molecular weight is 236 g/mol. The van der Waals surface area contributed by atoms with Crippen molar-refractivity contribution in [1.82, 2.24) is 0 Å². The number of unbranched alkanes of at least 4 members (excludes halogenated alkanes) is 2. The number of aryl methyl sites for hydroxylation is 1. The van der Waals surface area contributed by atoms with Crippen molar-refractivity contribution in [3.8, 4) is 0 Å². The Morgan fingerprint density at radius 1 is 1.41 bits per heavy atom. The second-order valence-electron chi connectivity index (χ2n) is 3.89. The molecular weight excluding hydrogens is 220 g/mol. The fraction of sp³-hybridized carbons (Fsp3) is 0.417. The van der Waals surface area contributed by atoms with Gasteiger partial charge in [0.25, 0.3) is 11.6 Å². The summed E-state index contributed by atoms with van der Waals surface area (Å²) in [6.07, 6.45) is 3.53. The molecule has 0 heterocycles. The standard InChI is InChI=1S/C12H16N2O3/c1-2-3-4-6-9-7-5-8-10(12(13)15)11(9)14(16)17/h5,7-8H,2-4,6H2,1H3,(H2,13,15). The molecule has 17 heavy (non-hydrogen) atoms. The average Bonchev–Trinajstić information content (AvgIpc) is 2.28. The van der Waals surface area contributed by atoms with Gasteiger partial charge in [0.15, 0.2) is 0 Å². The number of nitro groups is 1. The van der Waals surface area contributed by atoms with E-state index in [4.69, 9.17) is 5.73 Å². The Hall–Kier alpha value is -1.91. The lowest BCUT2D eigenvalue weighted by Gasteiger charge is -2.05. The number of nitrogens with two attached hydrogens (primary N) is 1. The van der Waals surface area contributed by atoms with Crippen molar-refractivity contribution in [2.24, 2.45) is 5.73 Å². The van der Waals surface area contributed by atoms with Crippen LogP contribution in [0.25, 0.3) is 0 Å². The molecule has 0 fully saturated rings. The molecule has 1 rings (SSSR count). The molecule has 2 N–H and O–H groups in total. The lowest BCUT2D eigenvalue weighted by atomic mass is 10.0. The van der Waals surface area contributed by atoms with E-state index in [0.717, 1.165) is 19.3 Å². The highest BCUT2D eigenvalue weighted by molar-refractivity contribution is 5.97. The van der Waals surface area contributed by atoms with E-state index in [1.54, 1.807) is 12.1 Å². The zero-order chi connectivity index (χ0) is 12.8. The molecule has 92 valence electrons. The Balaban J connectivity index is 3.07. The van der Waals surface area contributed by atoms with E-state index in [-0.39, 0.29) is 11.3 Å². The Bertz CT molecular complexity index is 430. The molecule has 5 heteroatoms. The molecule has 1 amide bonds. The normalized spacial score (nSPS) is 10.2. The lowest BCUT2D eigenvalue weighted by Crippen LogP contribution is -2.14. The van der Waals surface area contributed by atoms with Crippen LogP contribution in [0.1, 0.15) is 42.1 Å². The van der Waals surface area contributed by atoms with Crippen molar-refractivity contribution in [2.45, 2.75) is 32.6 Å². The van der Waals surface area contributed by atoms with Crippen LogP contribution in [0.4, 0.5) is 5.69 Å². The number of hydrogen-bond acceptors (Lipinski definition) is 3. The van der Waals surface area contributed by atoms with Gasteiger partial charge in [-0.15, -0.1) is 0 Å². The number of amides is 1. The number of carbonyl (C=O) groups excluding carboxylic acids is 1. The van der Waals surface area contributed by atoms with Crippen LogP contribution in [-0.2, 0) is 6.42 Å². The number of nitrogens with zero attached hydrogens (tertiary/aromatic N) is 1. The summed E-state index contributed by atoms with van der Waals surface area (Å²) in [6.45, 7) is 2.06. The van der Waals surface area contributed by atoms with Crippen molar-refractivity contribution in [3.05, 3.63) is 39.4 Å². The summed E-state index contributed by atoms with van der Waals surface area (Å²) in [5, 5.41) is 11.0. The fourth-order valence-corrected chi connectivity index (χ4v) is 1.77. The van der Waals surface area contributed by atoms with Crippen molar-refractivity contribution >= 4 is 11.6 Å². The molecule has 0 aliphatic carbocycles. The summed E-state index contributed by atoms with van der Waals surface area (Å²) in [5.74, 6) is -0.756. The summed E-state index contributed by atoms with van der Waals surface area (Å²) in [7, 11) is 0. The van der Waals surface area contributed by atoms with E-state index in [2.05, 4.69) is 6.92 Å². The largest absolute Gasteiger partial charge is 0.365 e. The van der Waals surface area contributed by atoms with E-state index in [1.807, 2.05) is 0 Å². The van der Waals surface area contributed by atoms with E-state index < -0.39 is 10.8 Å². The van der Waals surface area contributed by atoms with E-state index in [9.17, 15) is 14.9 Å². The molecule has 1 aromatic carbocycles. The van der Waals surface area contributed by atoms with Crippen LogP contribution >= 0.6 is 0 Å². The fourth-order valence-electron chi connectivity index (χ4n) is 1.77. The molecular formula is C12H16N2O3. The van der Waals surface area contributed by atoms with E-state index >= 15 is 0 Å². The van der Waals surface area contributed by atoms with E-state index in [1.165, 1.54) is 6.07 Å². The molecule has 0 aliphatic heterocycles. The minimum Gasteiger partial charge on any atom is -0.365 e. The van der Waals surface area contributed by atoms with Gasteiger partial charge in [0.05, 0.1) is 4.92 Å². The maximum absolute atomic E-state index is 11.1. The van der Waals surface area contributed by atoms with Crippen LogP contribution in [0.5, 0.6) is 0 Å². The Morgan fingerprint density at radius 2 is 2.12 bits per heavy atom. The van der Waals surface area contributed by atoms with Gasteiger partial charge in [-0.25, -0.2) is 0 Å². The van der Waals surface area contributed by atoms with Gasteiger partial charge in [-0.2, -0.15) is 0 Å². The first-order valence-electron chi connectivity index (χ1n) is 5.64. The number of hydrogen-bond donors (Lipinski definition) is 1. The SMILES string of the molecule is CCCCCc1cccc(C(N)=O)c1[N+](=O)[O-]. The zero-order valence-corrected chi connectivity index (χ0v) is 9.81. The van der Waals surface area contributed by atoms with Crippen LogP contribution in [0, 0.1) is 10.1 Å². The predicted molar refractivity (Wildman–Crippen MR) is 64.8 cm³/mol. The van der Waals surface area contributed by atoms with Crippen molar-refractivity contribution in [1.29, 1.82) is 0 Å². The molecule has 0 bridgehead atoms. The molecule has 0 saturated carbocycles. The smallest absolute Gasteiger partial charge is 0.285 e. The Kier molecular flexibility index (Phi) is 4.63. The van der Waals surface area contributed by atoms with Crippen LogP contribution in [0.2, 0.25) is 0 Å². The topological polar surface area (TPSA) is 86.2 Å². The Morgan fingerprint density at radius 3 is 2.65 bits per heavy atom. The molecule has 5 nitrogen and oxygen atoms in total. The van der Waals surface area contributed by atoms with Crippen molar-refractivity contribution < 1.29 is 9.72 Å². The third kappa shape index (κ3) is 3.27. The van der Waals surface area contributed by atoms with Crippen molar-refractivity contribution in [2.75, 3.05) is 0 Å². The molecule has 0 saturated heterocycles. The van der Waals surface area contributed by atoms with Gasteiger partial charge in [-0.1, -0.05) is 31.9 Å². The van der Waals surface area contributed by atoms with Gasteiger partial charge in [0, 0.05) is 5.56 Å². The summed E-state index contributed by atoms with van der Waals surface area (Å²) >= 11 is 0. The summed E-state index contributed by atoms with van der Waals surface area (Å²) in [6, 6.07) is 4.71. The maximum atomic E-state index is 11.1. The molecule has 0 unspecified atom stereocenters.